The monoisotopic (exact) mass is 234 g/mol. The van der Waals surface area contributed by atoms with E-state index in [1.54, 1.807) is 6.07 Å². The van der Waals surface area contributed by atoms with Crippen LogP contribution in [0.1, 0.15) is 51.8 Å². The summed E-state index contributed by atoms with van der Waals surface area (Å²) in [5, 5.41) is 0. The van der Waals surface area contributed by atoms with Gasteiger partial charge in [0.25, 0.3) is 5.56 Å². The van der Waals surface area contributed by atoms with Crippen molar-refractivity contribution in [2.75, 3.05) is 0 Å². The highest BCUT2D eigenvalue weighted by Gasteiger charge is 2.28. The number of aromatic nitrogens is 1. The van der Waals surface area contributed by atoms with Gasteiger partial charge in [0.15, 0.2) is 0 Å². The van der Waals surface area contributed by atoms with Crippen LogP contribution in [0.2, 0.25) is 0 Å². The molecule has 0 spiro atoms. The SMILES string of the molecule is CC(C)n1cc2c(cc1=O)CN(C(C)(C)C)C2. The molecule has 2 rings (SSSR count). The lowest BCUT2D eigenvalue weighted by molar-refractivity contribution is 0.136. The lowest BCUT2D eigenvalue weighted by atomic mass is 10.1. The van der Waals surface area contributed by atoms with Gasteiger partial charge in [-0.15, -0.1) is 0 Å². The summed E-state index contributed by atoms with van der Waals surface area (Å²) >= 11 is 0. The molecule has 0 N–H and O–H groups in total. The van der Waals surface area contributed by atoms with E-state index in [4.69, 9.17) is 0 Å². The van der Waals surface area contributed by atoms with Gasteiger partial charge in [0, 0.05) is 36.9 Å². The average molecular weight is 234 g/mol. The molecule has 94 valence electrons. The van der Waals surface area contributed by atoms with Crippen LogP contribution in [-0.2, 0) is 13.1 Å². The van der Waals surface area contributed by atoms with Gasteiger partial charge in [0.1, 0.15) is 0 Å². The van der Waals surface area contributed by atoms with Gasteiger partial charge < -0.3 is 4.57 Å². The van der Waals surface area contributed by atoms with Crippen molar-refractivity contribution >= 4 is 0 Å². The van der Waals surface area contributed by atoms with E-state index in [-0.39, 0.29) is 17.1 Å². The second-order valence-corrected chi connectivity index (χ2v) is 6.19. The van der Waals surface area contributed by atoms with Crippen LogP contribution >= 0.6 is 0 Å². The predicted molar refractivity (Wildman–Crippen MR) is 70.1 cm³/mol. The summed E-state index contributed by atoms with van der Waals surface area (Å²) in [6, 6.07) is 2.04. The minimum absolute atomic E-state index is 0.120. The Bertz CT molecular complexity index is 480. The Morgan fingerprint density at radius 3 is 2.29 bits per heavy atom. The third-order valence-corrected chi connectivity index (χ3v) is 3.49. The van der Waals surface area contributed by atoms with Crippen LogP contribution in [0, 0.1) is 0 Å². The van der Waals surface area contributed by atoms with Crippen LogP contribution in [0.25, 0.3) is 0 Å². The summed E-state index contributed by atoms with van der Waals surface area (Å²) in [4.78, 5) is 14.3. The van der Waals surface area contributed by atoms with Crippen LogP contribution in [0.5, 0.6) is 0 Å². The molecule has 0 fully saturated rings. The van der Waals surface area contributed by atoms with Gasteiger partial charge in [-0.2, -0.15) is 0 Å². The Hall–Kier alpha value is -1.09. The zero-order valence-corrected chi connectivity index (χ0v) is 11.4. The maximum Gasteiger partial charge on any atom is 0.251 e. The Labute approximate surface area is 103 Å². The minimum Gasteiger partial charge on any atom is -0.313 e. The standard InChI is InChI=1S/C14H22N2O/c1-10(2)16-9-12-8-15(14(3,4)5)7-11(12)6-13(16)17/h6,9-10H,7-8H2,1-5H3. The first-order valence-corrected chi connectivity index (χ1v) is 6.28. The van der Waals surface area contributed by atoms with Crippen LogP contribution < -0.4 is 5.56 Å². The summed E-state index contributed by atoms with van der Waals surface area (Å²) in [5.41, 5.74) is 2.77. The van der Waals surface area contributed by atoms with Crippen molar-refractivity contribution < 1.29 is 0 Å². The second kappa shape index (κ2) is 3.98. The first-order valence-electron chi connectivity index (χ1n) is 6.28. The second-order valence-electron chi connectivity index (χ2n) is 6.19. The molecule has 0 unspecified atom stereocenters. The molecule has 1 aliphatic heterocycles. The molecular weight excluding hydrogens is 212 g/mol. The van der Waals surface area contributed by atoms with Crippen molar-refractivity contribution in [3.8, 4) is 0 Å². The highest BCUT2D eigenvalue weighted by atomic mass is 16.1. The van der Waals surface area contributed by atoms with Crippen LogP contribution in [-0.4, -0.2) is 15.0 Å². The van der Waals surface area contributed by atoms with E-state index in [0.29, 0.717) is 0 Å². The Morgan fingerprint density at radius 1 is 1.18 bits per heavy atom. The molecule has 0 radical (unpaired) electrons. The molecule has 0 atom stereocenters. The van der Waals surface area contributed by atoms with Gasteiger partial charge in [-0.3, -0.25) is 9.69 Å². The Kier molecular flexibility index (Phi) is 2.90. The summed E-state index contributed by atoms with van der Waals surface area (Å²) in [5.74, 6) is 0. The van der Waals surface area contributed by atoms with Gasteiger partial charge in [0.2, 0.25) is 0 Å². The zero-order chi connectivity index (χ0) is 12.8. The van der Waals surface area contributed by atoms with Gasteiger partial charge >= 0.3 is 0 Å². The van der Waals surface area contributed by atoms with Crippen molar-refractivity contribution in [2.45, 2.75) is 59.3 Å². The molecule has 0 bridgehead atoms. The number of hydrogen-bond acceptors (Lipinski definition) is 2. The summed E-state index contributed by atoms with van der Waals surface area (Å²) in [7, 11) is 0. The molecule has 0 saturated carbocycles. The lowest BCUT2D eigenvalue weighted by Gasteiger charge is -2.31. The van der Waals surface area contributed by atoms with Crippen LogP contribution in [0.3, 0.4) is 0 Å². The van der Waals surface area contributed by atoms with Crippen molar-refractivity contribution in [1.29, 1.82) is 0 Å². The van der Waals surface area contributed by atoms with E-state index < -0.39 is 0 Å². The van der Waals surface area contributed by atoms with E-state index in [9.17, 15) is 4.79 Å². The zero-order valence-electron chi connectivity index (χ0n) is 11.4. The molecule has 0 saturated heterocycles. The molecule has 0 amide bonds. The molecule has 3 heteroatoms. The summed E-state index contributed by atoms with van der Waals surface area (Å²) in [6.45, 7) is 12.6. The predicted octanol–water partition coefficient (Wildman–Crippen LogP) is 2.54. The number of fused-ring (bicyclic) bond motifs is 1. The fourth-order valence-electron chi connectivity index (χ4n) is 2.27. The van der Waals surface area contributed by atoms with Gasteiger partial charge in [-0.25, -0.2) is 0 Å². The molecule has 0 aromatic carbocycles. The third kappa shape index (κ3) is 2.29. The first kappa shape index (κ1) is 12.4. The molecule has 1 aliphatic rings. The number of rotatable bonds is 1. The third-order valence-electron chi connectivity index (χ3n) is 3.49. The Morgan fingerprint density at radius 2 is 1.76 bits per heavy atom. The lowest BCUT2D eigenvalue weighted by Crippen LogP contribution is -2.36. The van der Waals surface area contributed by atoms with Gasteiger partial charge in [-0.05, 0) is 45.7 Å². The highest BCUT2D eigenvalue weighted by Crippen LogP contribution is 2.28. The largest absolute Gasteiger partial charge is 0.313 e. The normalized spacial score (nSPS) is 16.6. The van der Waals surface area contributed by atoms with Crippen molar-refractivity contribution in [3.05, 3.63) is 33.7 Å². The molecule has 1 aromatic heterocycles. The average Bonchev–Trinajstić information content (AvgIpc) is 2.58. The summed E-state index contributed by atoms with van der Waals surface area (Å²) in [6.07, 6.45) is 2.04. The molecular formula is C14H22N2O. The fraction of sp³-hybridized carbons (Fsp3) is 0.643. The summed E-state index contributed by atoms with van der Waals surface area (Å²) < 4.78 is 1.82. The maximum atomic E-state index is 11.9. The topological polar surface area (TPSA) is 25.2 Å². The van der Waals surface area contributed by atoms with E-state index in [2.05, 4.69) is 25.7 Å². The quantitative estimate of drug-likeness (QED) is 0.746. The number of nitrogens with zero attached hydrogens (tertiary/aromatic N) is 2. The van der Waals surface area contributed by atoms with Crippen molar-refractivity contribution in [1.82, 2.24) is 9.47 Å². The minimum atomic E-state index is 0.120. The number of pyridine rings is 1. The Balaban J connectivity index is 2.37. The molecule has 0 aliphatic carbocycles. The molecule has 3 nitrogen and oxygen atoms in total. The van der Waals surface area contributed by atoms with E-state index in [1.807, 2.05) is 24.6 Å². The van der Waals surface area contributed by atoms with E-state index in [0.717, 1.165) is 13.1 Å². The smallest absolute Gasteiger partial charge is 0.251 e. The number of hydrogen-bond donors (Lipinski definition) is 0. The first-order chi connectivity index (χ1) is 7.79. The van der Waals surface area contributed by atoms with E-state index >= 15 is 0 Å². The fourth-order valence-corrected chi connectivity index (χ4v) is 2.27. The van der Waals surface area contributed by atoms with Crippen LogP contribution in [0.15, 0.2) is 17.1 Å². The van der Waals surface area contributed by atoms with Gasteiger partial charge in [0.05, 0.1) is 0 Å². The van der Waals surface area contributed by atoms with Crippen molar-refractivity contribution in [2.24, 2.45) is 0 Å². The molecule has 2 heterocycles. The van der Waals surface area contributed by atoms with E-state index in [1.165, 1.54) is 11.1 Å². The van der Waals surface area contributed by atoms with Crippen LogP contribution in [0.4, 0.5) is 0 Å². The maximum absolute atomic E-state index is 11.9. The molecule has 1 aromatic rings. The molecule has 17 heavy (non-hydrogen) atoms. The highest BCUT2D eigenvalue weighted by molar-refractivity contribution is 5.28. The van der Waals surface area contributed by atoms with Crippen molar-refractivity contribution in [3.63, 3.8) is 0 Å². The van der Waals surface area contributed by atoms with Gasteiger partial charge in [-0.1, -0.05) is 0 Å².